The normalized spacial score (nSPS) is 25.5. The number of benzene rings is 1. The lowest BCUT2D eigenvalue weighted by atomic mass is 9.59. The highest BCUT2D eigenvalue weighted by molar-refractivity contribution is 7.89. The van der Waals surface area contributed by atoms with Gasteiger partial charge in [-0.25, -0.2) is 13.6 Å². The summed E-state index contributed by atoms with van der Waals surface area (Å²) in [5.74, 6) is 0.0222. The Labute approximate surface area is 178 Å². The largest absolute Gasteiger partial charge is 0.336 e. The summed E-state index contributed by atoms with van der Waals surface area (Å²) >= 11 is 0. The number of likely N-dealkylation sites (tertiary alicyclic amines) is 2. The van der Waals surface area contributed by atoms with Gasteiger partial charge in [0.05, 0.1) is 22.5 Å². The second kappa shape index (κ2) is 7.34. The molecule has 1 aliphatic carbocycles. The number of piperazine rings is 1. The van der Waals surface area contributed by atoms with Crippen molar-refractivity contribution in [2.45, 2.75) is 69.9 Å². The predicted octanol–water partition coefficient (Wildman–Crippen LogP) is 2.28. The van der Waals surface area contributed by atoms with E-state index >= 15 is 0 Å². The molecule has 3 fully saturated rings. The van der Waals surface area contributed by atoms with Gasteiger partial charge >= 0.3 is 0 Å². The fourth-order valence-electron chi connectivity index (χ4n) is 5.62. The lowest BCUT2D eigenvalue weighted by Gasteiger charge is -2.48. The van der Waals surface area contributed by atoms with Crippen LogP contribution in [0.4, 0.5) is 0 Å². The summed E-state index contributed by atoms with van der Waals surface area (Å²) in [5.41, 5.74) is 1.25. The van der Waals surface area contributed by atoms with Crippen LogP contribution in [0.25, 0.3) is 0 Å². The number of carbonyl (C=O) groups is 2. The van der Waals surface area contributed by atoms with Crippen molar-refractivity contribution in [1.82, 2.24) is 9.80 Å². The first-order valence-electron chi connectivity index (χ1n) is 10.8. The van der Waals surface area contributed by atoms with Crippen LogP contribution in [0.5, 0.6) is 0 Å². The SMILES string of the molecule is CCC1(CC)CC(C(=O)N2C[C@@H]3C[C@H]2CN3C(=O)c2cc(C)ccc2S(N)(=O)=O)C1. The van der Waals surface area contributed by atoms with Gasteiger partial charge in [0.1, 0.15) is 0 Å². The Bertz CT molecular complexity index is 978. The third kappa shape index (κ3) is 3.43. The molecule has 8 heteroatoms. The Morgan fingerprint density at radius 3 is 2.23 bits per heavy atom. The zero-order valence-electron chi connectivity index (χ0n) is 17.9. The first-order chi connectivity index (χ1) is 14.1. The smallest absolute Gasteiger partial charge is 0.255 e. The minimum atomic E-state index is -4.00. The number of rotatable bonds is 5. The van der Waals surface area contributed by atoms with E-state index < -0.39 is 10.0 Å². The molecule has 2 aliphatic heterocycles. The van der Waals surface area contributed by atoms with E-state index in [0.717, 1.165) is 37.7 Å². The van der Waals surface area contributed by atoms with Crippen molar-refractivity contribution in [2.75, 3.05) is 13.1 Å². The maximum atomic E-state index is 13.2. The molecular formula is C22H31N3O4S. The van der Waals surface area contributed by atoms with E-state index in [-0.39, 0.29) is 40.3 Å². The van der Waals surface area contributed by atoms with E-state index in [1.54, 1.807) is 17.0 Å². The number of nitrogens with two attached hydrogens (primary N) is 1. The van der Waals surface area contributed by atoms with Crippen molar-refractivity contribution >= 4 is 21.8 Å². The maximum absolute atomic E-state index is 13.2. The molecule has 0 aromatic heterocycles. The van der Waals surface area contributed by atoms with Crippen LogP contribution < -0.4 is 5.14 Å². The molecule has 0 unspecified atom stereocenters. The fourth-order valence-corrected chi connectivity index (χ4v) is 6.33. The van der Waals surface area contributed by atoms with Crippen molar-refractivity contribution in [3.63, 3.8) is 0 Å². The third-order valence-corrected chi connectivity index (χ3v) is 8.63. The Morgan fingerprint density at radius 1 is 1.10 bits per heavy atom. The van der Waals surface area contributed by atoms with Crippen LogP contribution in [-0.4, -0.2) is 55.2 Å². The minimum Gasteiger partial charge on any atom is -0.336 e. The molecule has 2 heterocycles. The van der Waals surface area contributed by atoms with Crippen LogP contribution in [0.3, 0.4) is 0 Å². The average molecular weight is 434 g/mol. The number of hydrogen-bond acceptors (Lipinski definition) is 4. The summed E-state index contributed by atoms with van der Waals surface area (Å²) in [4.78, 5) is 29.8. The Balaban J connectivity index is 1.46. The first kappa shape index (κ1) is 21.3. The standard InChI is InChI=1S/C22H31N3O4S/c1-4-22(5-2)10-15(11-22)20(26)24-12-17-9-16(24)13-25(17)21(27)18-8-14(3)6-7-19(18)30(23,28)29/h6-8,15-17H,4-5,9-13H2,1-3H3,(H2,23,28,29)/t16-,17-/m0/s1. The van der Waals surface area contributed by atoms with E-state index in [4.69, 9.17) is 5.14 Å². The number of nitrogens with zero attached hydrogens (tertiary/aromatic N) is 2. The summed E-state index contributed by atoms with van der Waals surface area (Å²) in [7, 11) is -4.00. The Kier molecular flexibility index (Phi) is 5.21. The second-order valence-electron chi connectivity index (χ2n) is 9.35. The van der Waals surface area contributed by atoms with E-state index in [2.05, 4.69) is 13.8 Å². The molecule has 0 spiro atoms. The number of aryl methyl sites for hydroxylation is 1. The highest BCUT2D eigenvalue weighted by atomic mass is 32.2. The van der Waals surface area contributed by atoms with Crippen molar-refractivity contribution in [2.24, 2.45) is 16.5 Å². The molecule has 1 aromatic rings. The van der Waals surface area contributed by atoms with Gasteiger partial charge in [-0.05, 0) is 43.7 Å². The Hall–Kier alpha value is -1.93. The van der Waals surface area contributed by atoms with Gasteiger partial charge < -0.3 is 9.80 Å². The van der Waals surface area contributed by atoms with Gasteiger partial charge in [-0.2, -0.15) is 0 Å². The summed E-state index contributed by atoms with van der Waals surface area (Å²) < 4.78 is 23.9. The Morgan fingerprint density at radius 2 is 1.70 bits per heavy atom. The first-order valence-corrected chi connectivity index (χ1v) is 12.4. The average Bonchev–Trinajstić information content (AvgIpc) is 3.27. The minimum absolute atomic E-state index is 0.0208. The summed E-state index contributed by atoms with van der Waals surface area (Å²) in [6, 6.07) is 4.57. The molecule has 2 bridgehead atoms. The molecule has 30 heavy (non-hydrogen) atoms. The molecule has 1 aromatic carbocycles. The van der Waals surface area contributed by atoms with Crippen molar-refractivity contribution in [3.05, 3.63) is 29.3 Å². The van der Waals surface area contributed by atoms with E-state index in [1.165, 1.54) is 6.07 Å². The van der Waals surface area contributed by atoms with Gasteiger partial charge in [-0.1, -0.05) is 38.3 Å². The highest BCUT2D eigenvalue weighted by Crippen LogP contribution is 2.51. The molecule has 2 atom stereocenters. The third-order valence-electron chi connectivity index (χ3n) is 7.66. The van der Waals surface area contributed by atoms with Gasteiger partial charge in [0.15, 0.2) is 0 Å². The topological polar surface area (TPSA) is 101 Å². The molecule has 3 aliphatic rings. The van der Waals surface area contributed by atoms with Crippen LogP contribution in [0, 0.1) is 18.3 Å². The molecule has 4 rings (SSSR count). The van der Waals surface area contributed by atoms with E-state index in [9.17, 15) is 18.0 Å². The summed E-state index contributed by atoms with van der Waals surface area (Å²) in [5, 5.41) is 5.33. The molecule has 2 amide bonds. The zero-order chi connectivity index (χ0) is 21.8. The molecule has 7 nitrogen and oxygen atoms in total. The monoisotopic (exact) mass is 433 g/mol. The van der Waals surface area contributed by atoms with E-state index in [1.807, 2.05) is 11.8 Å². The molecule has 1 saturated carbocycles. The molecule has 2 N–H and O–H groups in total. The number of sulfonamides is 1. The van der Waals surface area contributed by atoms with Crippen LogP contribution in [-0.2, 0) is 14.8 Å². The maximum Gasteiger partial charge on any atom is 0.255 e. The molecule has 164 valence electrons. The quantitative estimate of drug-likeness (QED) is 0.770. The van der Waals surface area contributed by atoms with Gasteiger partial charge in [-0.3, -0.25) is 9.59 Å². The van der Waals surface area contributed by atoms with Crippen molar-refractivity contribution < 1.29 is 18.0 Å². The molecule has 2 saturated heterocycles. The zero-order valence-corrected chi connectivity index (χ0v) is 18.7. The lowest BCUT2D eigenvalue weighted by molar-refractivity contribution is -0.146. The molecule has 0 radical (unpaired) electrons. The van der Waals surface area contributed by atoms with Crippen molar-refractivity contribution in [1.29, 1.82) is 0 Å². The number of primary sulfonamides is 1. The summed E-state index contributed by atoms with van der Waals surface area (Å²) in [6.45, 7) is 7.20. The van der Waals surface area contributed by atoms with E-state index in [0.29, 0.717) is 18.5 Å². The summed E-state index contributed by atoms with van der Waals surface area (Å²) in [6.07, 6.45) is 4.93. The number of hydrogen-bond donors (Lipinski definition) is 1. The van der Waals surface area contributed by atoms with Gasteiger partial charge in [0.25, 0.3) is 5.91 Å². The number of fused-ring (bicyclic) bond motifs is 2. The van der Waals surface area contributed by atoms with Crippen LogP contribution in [0.2, 0.25) is 0 Å². The lowest BCUT2D eigenvalue weighted by Crippen LogP contribution is -2.54. The van der Waals surface area contributed by atoms with Crippen LogP contribution in [0.1, 0.15) is 61.9 Å². The van der Waals surface area contributed by atoms with Gasteiger partial charge in [-0.15, -0.1) is 0 Å². The van der Waals surface area contributed by atoms with Crippen LogP contribution in [0.15, 0.2) is 23.1 Å². The van der Waals surface area contributed by atoms with Crippen LogP contribution >= 0.6 is 0 Å². The number of carbonyl (C=O) groups excluding carboxylic acids is 2. The highest BCUT2D eigenvalue weighted by Gasteiger charge is 2.52. The van der Waals surface area contributed by atoms with Crippen molar-refractivity contribution in [3.8, 4) is 0 Å². The van der Waals surface area contributed by atoms with Gasteiger partial charge in [0, 0.05) is 19.0 Å². The fraction of sp³-hybridized carbons (Fsp3) is 0.636. The second-order valence-corrected chi connectivity index (χ2v) is 10.9. The predicted molar refractivity (Wildman–Crippen MR) is 113 cm³/mol. The number of amides is 2. The molecular weight excluding hydrogens is 402 g/mol. The van der Waals surface area contributed by atoms with Gasteiger partial charge in [0.2, 0.25) is 15.9 Å².